The van der Waals surface area contributed by atoms with Crippen LogP contribution in [0.25, 0.3) is 16.6 Å². The van der Waals surface area contributed by atoms with E-state index < -0.39 is 0 Å². The highest BCUT2D eigenvalue weighted by Crippen LogP contribution is 2.11. The maximum Gasteiger partial charge on any atom is 0.283 e. The minimum atomic E-state index is -0.121. The summed E-state index contributed by atoms with van der Waals surface area (Å²) in [6.07, 6.45) is 3.26. The number of aromatic nitrogens is 4. The summed E-state index contributed by atoms with van der Waals surface area (Å²) in [4.78, 5) is 16.1. The van der Waals surface area contributed by atoms with Gasteiger partial charge in [-0.1, -0.05) is 0 Å². The maximum atomic E-state index is 12.1. The topological polar surface area (TPSA) is 52.2 Å². The standard InChI is InChI=1S/C11H10N4O/c1-7-5-10-14(2)9-3-4-12-6-8(9)11(16)15(10)13-7/h3-6H,1-2H3. The first-order chi connectivity index (χ1) is 7.68. The van der Waals surface area contributed by atoms with Gasteiger partial charge in [0.25, 0.3) is 5.56 Å². The second-order valence-electron chi connectivity index (χ2n) is 3.81. The van der Waals surface area contributed by atoms with Crippen LogP contribution in [0.5, 0.6) is 0 Å². The van der Waals surface area contributed by atoms with Crippen molar-refractivity contribution in [3.05, 3.63) is 40.6 Å². The van der Waals surface area contributed by atoms with Crippen molar-refractivity contribution < 1.29 is 0 Å². The van der Waals surface area contributed by atoms with Crippen LogP contribution in [-0.4, -0.2) is 19.2 Å². The lowest BCUT2D eigenvalue weighted by molar-refractivity contribution is 0.846. The van der Waals surface area contributed by atoms with Gasteiger partial charge < -0.3 is 4.57 Å². The summed E-state index contributed by atoms with van der Waals surface area (Å²) in [5, 5.41) is 4.76. The lowest BCUT2D eigenvalue weighted by atomic mass is 10.3. The summed E-state index contributed by atoms with van der Waals surface area (Å²) in [5.74, 6) is 0. The highest BCUT2D eigenvalue weighted by molar-refractivity contribution is 5.79. The molecule has 5 heteroatoms. The van der Waals surface area contributed by atoms with Gasteiger partial charge in [0.05, 0.1) is 16.6 Å². The fourth-order valence-electron chi connectivity index (χ4n) is 1.96. The van der Waals surface area contributed by atoms with E-state index in [1.165, 1.54) is 4.52 Å². The van der Waals surface area contributed by atoms with Crippen molar-refractivity contribution in [2.75, 3.05) is 0 Å². The number of fused-ring (bicyclic) bond motifs is 2. The summed E-state index contributed by atoms with van der Waals surface area (Å²) in [7, 11) is 1.91. The molecule has 3 heterocycles. The molecule has 3 aromatic heterocycles. The van der Waals surface area contributed by atoms with E-state index in [4.69, 9.17) is 0 Å². The number of pyridine rings is 1. The molecule has 0 aliphatic carbocycles. The van der Waals surface area contributed by atoms with Crippen molar-refractivity contribution in [1.29, 1.82) is 0 Å². The molecular weight excluding hydrogens is 204 g/mol. The van der Waals surface area contributed by atoms with Gasteiger partial charge in [0.1, 0.15) is 5.65 Å². The van der Waals surface area contributed by atoms with Gasteiger partial charge in [0, 0.05) is 25.5 Å². The van der Waals surface area contributed by atoms with Crippen LogP contribution in [0.1, 0.15) is 5.69 Å². The van der Waals surface area contributed by atoms with E-state index in [0.29, 0.717) is 5.39 Å². The molecule has 0 aromatic carbocycles. The Morgan fingerprint density at radius 2 is 2.19 bits per heavy atom. The monoisotopic (exact) mass is 214 g/mol. The van der Waals surface area contributed by atoms with E-state index in [1.807, 2.05) is 30.7 Å². The molecule has 0 N–H and O–H groups in total. The van der Waals surface area contributed by atoms with Crippen LogP contribution in [0, 0.1) is 6.92 Å². The van der Waals surface area contributed by atoms with E-state index in [-0.39, 0.29) is 5.56 Å². The van der Waals surface area contributed by atoms with Gasteiger partial charge in [-0.05, 0) is 13.0 Å². The van der Waals surface area contributed by atoms with Crippen LogP contribution in [-0.2, 0) is 7.05 Å². The lowest BCUT2D eigenvalue weighted by Gasteiger charge is -2.06. The van der Waals surface area contributed by atoms with Gasteiger partial charge >= 0.3 is 0 Å². The molecule has 0 atom stereocenters. The van der Waals surface area contributed by atoms with Crippen LogP contribution in [0.15, 0.2) is 29.3 Å². The van der Waals surface area contributed by atoms with E-state index in [9.17, 15) is 4.79 Å². The first-order valence-electron chi connectivity index (χ1n) is 4.97. The predicted octanol–water partition coefficient (Wildman–Crippen LogP) is 0.890. The molecule has 0 aliphatic heterocycles. The molecule has 80 valence electrons. The third kappa shape index (κ3) is 1.02. The number of hydrogen-bond donors (Lipinski definition) is 0. The van der Waals surface area contributed by atoms with Crippen molar-refractivity contribution in [3.8, 4) is 0 Å². The lowest BCUT2D eigenvalue weighted by Crippen LogP contribution is -2.18. The van der Waals surface area contributed by atoms with Crippen molar-refractivity contribution in [2.45, 2.75) is 6.92 Å². The molecule has 0 spiro atoms. The van der Waals surface area contributed by atoms with Gasteiger partial charge in [-0.25, -0.2) is 0 Å². The van der Waals surface area contributed by atoms with E-state index in [1.54, 1.807) is 12.4 Å². The van der Waals surface area contributed by atoms with Crippen molar-refractivity contribution in [1.82, 2.24) is 19.2 Å². The molecule has 0 aliphatic rings. The van der Waals surface area contributed by atoms with Crippen LogP contribution < -0.4 is 5.56 Å². The molecule has 0 saturated heterocycles. The second-order valence-corrected chi connectivity index (χ2v) is 3.81. The molecule has 0 saturated carbocycles. The van der Waals surface area contributed by atoms with Crippen molar-refractivity contribution >= 4 is 16.6 Å². The average Bonchev–Trinajstić information content (AvgIpc) is 2.68. The van der Waals surface area contributed by atoms with Crippen LogP contribution >= 0.6 is 0 Å². The zero-order valence-corrected chi connectivity index (χ0v) is 9.01. The van der Waals surface area contributed by atoms with E-state index >= 15 is 0 Å². The molecule has 3 aromatic rings. The highest BCUT2D eigenvalue weighted by Gasteiger charge is 2.09. The van der Waals surface area contributed by atoms with Crippen LogP contribution in [0.2, 0.25) is 0 Å². The molecule has 16 heavy (non-hydrogen) atoms. The fourth-order valence-corrected chi connectivity index (χ4v) is 1.96. The molecule has 0 bridgehead atoms. The Kier molecular flexibility index (Phi) is 1.65. The Morgan fingerprint density at radius 1 is 1.38 bits per heavy atom. The summed E-state index contributed by atoms with van der Waals surface area (Å²) in [6.45, 7) is 1.87. The van der Waals surface area contributed by atoms with Gasteiger partial charge in [-0.3, -0.25) is 9.78 Å². The first-order valence-corrected chi connectivity index (χ1v) is 4.97. The molecule has 5 nitrogen and oxygen atoms in total. The largest absolute Gasteiger partial charge is 0.328 e. The molecule has 0 radical (unpaired) electrons. The van der Waals surface area contributed by atoms with Crippen molar-refractivity contribution in [2.24, 2.45) is 7.05 Å². The summed E-state index contributed by atoms with van der Waals surface area (Å²) < 4.78 is 3.36. The molecule has 0 amide bonds. The van der Waals surface area contributed by atoms with Gasteiger partial charge in [-0.2, -0.15) is 9.61 Å². The number of aryl methyl sites for hydroxylation is 2. The minimum absolute atomic E-state index is 0.121. The normalized spacial score (nSPS) is 11.4. The summed E-state index contributed by atoms with van der Waals surface area (Å²) in [6, 6.07) is 3.72. The number of rotatable bonds is 0. The number of hydrogen-bond acceptors (Lipinski definition) is 3. The Hall–Kier alpha value is -2.17. The van der Waals surface area contributed by atoms with E-state index in [2.05, 4.69) is 10.1 Å². The number of nitrogens with zero attached hydrogens (tertiary/aromatic N) is 4. The third-order valence-electron chi connectivity index (χ3n) is 2.74. The smallest absolute Gasteiger partial charge is 0.283 e. The molecular formula is C11H10N4O. The predicted molar refractivity (Wildman–Crippen MR) is 60.5 cm³/mol. The average molecular weight is 214 g/mol. The molecule has 3 rings (SSSR count). The molecule has 0 unspecified atom stereocenters. The quantitative estimate of drug-likeness (QED) is 0.558. The second kappa shape index (κ2) is 2.91. The maximum absolute atomic E-state index is 12.1. The molecule has 0 fully saturated rings. The zero-order valence-electron chi connectivity index (χ0n) is 9.01. The summed E-state index contributed by atoms with van der Waals surface area (Å²) in [5.41, 5.74) is 2.37. The van der Waals surface area contributed by atoms with E-state index in [0.717, 1.165) is 16.9 Å². The van der Waals surface area contributed by atoms with Gasteiger partial charge in [0.15, 0.2) is 0 Å². The Balaban J connectivity index is 2.71. The minimum Gasteiger partial charge on any atom is -0.328 e. The Bertz CT molecular complexity index is 754. The summed E-state index contributed by atoms with van der Waals surface area (Å²) >= 11 is 0. The van der Waals surface area contributed by atoms with Gasteiger partial charge in [-0.15, -0.1) is 0 Å². The van der Waals surface area contributed by atoms with Crippen LogP contribution in [0.4, 0.5) is 0 Å². The van der Waals surface area contributed by atoms with Crippen LogP contribution in [0.3, 0.4) is 0 Å². The van der Waals surface area contributed by atoms with Gasteiger partial charge in [0.2, 0.25) is 0 Å². The third-order valence-corrected chi connectivity index (χ3v) is 2.74. The Morgan fingerprint density at radius 3 is 3.00 bits per heavy atom. The Labute approximate surface area is 91.0 Å². The zero-order chi connectivity index (χ0) is 11.3. The fraction of sp³-hybridized carbons (Fsp3) is 0.182. The highest BCUT2D eigenvalue weighted by atomic mass is 16.1. The first kappa shape index (κ1) is 9.08. The SMILES string of the molecule is Cc1cc2n(C)c3ccncc3c(=O)n2n1. The van der Waals surface area contributed by atoms with Crippen molar-refractivity contribution in [3.63, 3.8) is 0 Å².